The minimum atomic E-state index is -0.387. The van der Waals surface area contributed by atoms with Gasteiger partial charge in [-0.15, -0.1) is 0 Å². The molecule has 34 heavy (non-hydrogen) atoms. The molecule has 0 saturated heterocycles. The number of rotatable bonds is 3. The molecule has 0 aromatic heterocycles. The minimum absolute atomic E-state index is 0.177. The van der Waals surface area contributed by atoms with E-state index in [-0.39, 0.29) is 22.4 Å². The standard InChI is InChI=1S/C27H18Cl2N2O3/c28-21-8-5-7-20(25(21)29)26(32)30-19-14-12-17(13-15-19)27(33)31-16-18-6-1-3-10-23(18)34-24-11-4-2-9-22(24)31/h1-15H,16H2,(H,30,32). The summed E-state index contributed by atoms with van der Waals surface area (Å²) in [6, 6.07) is 26.7. The van der Waals surface area contributed by atoms with E-state index in [1.54, 1.807) is 47.4 Å². The number of anilines is 2. The fourth-order valence-electron chi connectivity index (χ4n) is 3.79. The first-order valence-electron chi connectivity index (χ1n) is 10.5. The Labute approximate surface area is 206 Å². The largest absolute Gasteiger partial charge is 0.455 e. The first-order valence-corrected chi connectivity index (χ1v) is 11.3. The van der Waals surface area contributed by atoms with E-state index in [2.05, 4.69) is 5.32 Å². The quantitative estimate of drug-likeness (QED) is 0.331. The highest BCUT2D eigenvalue weighted by atomic mass is 35.5. The van der Waals surface area contributed by atoms with Gasteiger partial charge in [-0.2, -0.15) is 0 Å². The molecule has 1 aliphatic heterocycles. The van der Waals surface area contributed by atoms with Crippen molar-refractivity contribution in [3.05, 3.63) is 118 Å². The molecule has 168 valence electrons. The second-order valence-electron chi connectivity index (χ2n) is 7.70. The van der Waals surface area contributed by atoms with Gasteiger partial charge in [0.05, 0.1) is 27.8 Å². The van der Waals surface area contributed by atoms with Crippen molar-refractivity contribution in [1.29, 1.82) is 0 Å². The predicted octanol–water partition coefficient (Wildman–Crippen LogP) is 7.20. The van der Waals surface area contributed by atoms with Gasteiger partial charge in [0, 0.05) is 16.8 Å². The number of amides is 2. The van der Waals surface area contributed by atoms with Crippen molar-refractivity contribution in [2.45, 2.75) is 6.54 Å². The van der Waals surface area contributed by atoms with Crippen LogP contribution >= 0.6 is 23.2 Å². The van der Waals surface area contributed by atoms with Gasteiger partial charge < -0.3 is 15.0 Å². The molecule has 2 amide bonds. The Morgan fingerprint density at radius 2 is 1.50 bits per heavy atom. The monoisotopic (exact) mass is 488 g/mol. The number of carbonyl (C=O) groups is 2. The van der Waals surface area contributed by atoms with Gasteiger partial charge in [-0.25, -0.2) is 0 Å². The summed E-state index contributed by atoms with van der Waals surface area (Å²) in [6.07, 6.45) is 0. The summed E-state index contributed by atoms with van der Waals surface area (Å²) in [4.78, 5) is 27.8. The van der Waals surface area contributed by atoms with Gasteiger partial charge >= 0.3 is 0 Å². The third-order valence-corrected chi connectivity index (χ3v) is 6.33. The molecule has 4 aromatic carbocycles. The molecule has 0 aliphatic carbocycles. The molecule has 0 atom stereocenters. The molecule has 1 aliphatic rings. The third kappa shape index (κ3) is 4.23. The van der Waals surface area contributed by atoms with Crippen LogP contribution in [0.3, 0.4) is 0 Å². The summed E-state index contributed by atoms with van der Waals surface area (Å²) in [5.41, 5.74) is 2.88. The van der Waals surface area contributed by atoms with Crippen LogP contribution in [0.2, 0.25) is 10.0 Å². The SMILES string of the molecule is O=C(Nc1ccc(C(=O)N2Cc3ccccc3Oc3ccccc32)cc1)c1cccc(Cl)c1Cl. The van der Waals surface area contributed by atoms with Crippen LogP contribution in [0.1, 0.15) is 26.3 Å². The Hall–Kier alpha value is -3.80. The zero-order valence-corrected chi connectivity index (χ0v) is 19.3. The fourth-order valence-corrected chi connectivity index (χ4v) is 4.17. The molecule has 5 rings (SSSR count). The Morgan fingerprint density at radius 3 is 2.29 bits per heavy atom. The van der Waals surface area contributed by atoms with Crippen molar-refractivity contribution in [3.8, 4) is 11.5 Å². The predicted molar refractivity (Wildman–Crippen MR) is 134 cm³/mol. The van der Waals surface area contributed by atoms with E-state index >= 15 is 0 Å². The molecule has 4 aromatic rings. The fraction of sp³-hybridized carbons (Fsp3) is 0.0370. The van der Waals surface area contributed by atoms with Crippen LogP contribution in [0, 0.1) is 0 Å². The number of carbonyl (C=O) groups excluding carboxylic acids is 2. The normalized spacial score (nSPS) is 12.1. The molecular formula is C27H18Cl2N2O3. The maximum atomic E-state index is 13.5. The van der Waals surface area contributed by atoms with Crippen LogP contribution in [0.5, 0.6) is 11.5 Å². The van der Waals surface area contributed by atoms with Gasteiger partial charge in [0.25, 0.3) is 11.8 Å². The Morgan fingerprint density at radius 1 is 0.794 bits per heavy atom. The molecule has 0 fully saturated rings. The molecule has 7 heteroatoms. The van der Waals surface area contributed by atoms with Gasteiger partial charge in [-0.3, -0.25) is 9.59 Å². The number of ether oxygens (including phenoxy) is 1. The second-order valence-corrected chi connectivity index (χ2v) is 8.49. The molecular weight excluding hydrogens is 471 g/mol. The van der Waals surface area contributed by atoms with E-state index in [4.69, 9.17) is 27.9 Å². The van der Waals surface area contributed by atoms with E-state index in [1.165, 1.54) is 0 Å². The summed E-state index contributed by atoms with van der Waals surface area (Å²) in [5.74, 6) is 0.774. The zero-order valence-electron chi connectivity index (χ0n) is 17.8. The van der Waals surface area contributed by atoms with Gasteiger partial charge in [0.15, 0.2) is 5.75 Å². The van der Waals surface area contributed by atoms with Crippen LogP contribution in [0.15, 0.2) is 91.0 Å². The van der Waals surface area contributed by atoms with Crippen LogP contribution in [-0.2, 0) is 6.54 Å². The van der Waals surface area contributed by atoms with E-state index in [0.717, 1.165) is 11.3 Å². The van der Waals surface area contributed by atoms with Crippen molar-refractivity contribution in [1.82, 2.24) is 0 Å². The smallest absolute Gasteiger partial charge is 0.258 e. The van der Waals surface area contributed by atoms with Crippen LogP contribution in [0.25, 0.3) is 0 Å². The first-order chi connectivity index (χ1) is 16.5. The van der Waals surface area contributed by atoms with E-state index in [0.29, 0.717) is 34.3 Å². The minimum Gasteiger partial charge on any atom is -0.455 e. The molecule has 0 spiro atoms. The lowest BCUT2D eigenvalue weighted by Crippen LogP contribution is -2.29. The van der Waals surface area contributed by atoms with Crippen LogP contribution in [0.4, 0.5) is 11.4 Å². The molecule has 1 N–H and O–H groups in total. The summed E-state index contributed by atoms with van der Waals surface area (Å²) >= 11 is 12.2. The Bertz CT molecular complexity index is 1400. The molecule has 0 saturated carbocycles. The van der Waals surface area contributed by atoms with Crippen molar-refractivity contribution >= 4 is 46.4 Å². The number of nitrogens with one attached hydrogen (secondary N) is 1. The first kappa shape index (κ1) is 22.0. The number of fused-ring (bicyclic) bond motifs is 2. The van der Waals surface area contributed by atoms with Gasteiger partial charge in [-0.05, 0) is 54.6 Å². The average Bonchev–Trinajstić information content (AvgIpc) is 3.02. The topological polar surface area (TPSA) is 58.6 Å². The molecule has 1 heterocycles. The van der Waals surface area contributed by atoms with E-state index in [9.17, 15) is 9.59 Å². The second kappa shape index (κ2) is 9.21. The van der Waals surface area contributed by atoms with Crippen molar-refractivity contribution < 1.29 is 14.3 Å². The van der Waals surface area contributed by atoms with Crippen molar-refractivity contribution in [2.75, 3.05) is 10.2 Å². The highest BCUT2D eigenvalue weighted by Gasteiger charge is 2.26. The Balaban J connectivity index is 1.40. The lowest BCUT2D eigenvalue weighted by molar-refractivity contribution is 0.0984. The number of hydrogen-bond donors (Lipinski definition) is 1. The molecule has 0 radical (unpaired) electrons. The number of nitrogens with zero attached hydrogens (tertiary/aromatic N) is 1. The maximum absolute atomic E-state index is 13.5. The number of para-hydroxylation sites is 3. The Kier molecular flexibility index (Phi) is 5.97. The van der Waals surface area contributed by atoms with Crippen LogP contribution in [-0.4, -0.2) is 11.8 Å². The zero-order chi connectivity index (χ0) is 23.7. The summed E-state index contributed by atoms with van der Waals surface area (Å²) in [5, 5.41) is 3.28. The molecule has 0 bridgehead atoms. The number of benzene rings is 4. The van der Waals surface area contributed by atoms with Gasteiger partial charge in [0.1, 0.15) is 5.75 Å². The summed E-state index contributed by atoms with van der Waals surface area (Å²) < 4.78 is 6.08. The van der Waals surface area contributed by atoms with Crippen molar-refractivity contribution in [2.24, 2.45) is 0 Å². The van der Waals surface area contributed by atoms with Gasteiger partial charge in [-0.1, -0.05) is 59.6 Å². The van der Waals surface area contributed by atoms with E-state index in [1.807, 2.05) is 48.5 Å². The van der Waals surface area contributed by atoms with Gasteiger partial charge in [0.2, 0.25) is 0 Å². The molecule has 0 unspecified atom stereocenters. The summed E-state index contributed by atoms with van der Waals surface area (Å²) in [6.45, 7) is 0.373. The highest BCUT2D eigenvalue weighted by molar-refractivity contribution is 6.44. The highest BCUT2D eigenvalue weighted by Crippen LogP contribution is 2.39. The third-order valence-electron chi connectivity index (χ3n) is 5.51. The average molecular weight is 489 g/mol. The molecule has 5 nitrogen and oxygen atoms in total. The lowest BCUT2D eigenvalue weighted by Gasteiger charge is -2.22. The number of hydrogen-bond acceptors (Lipinski definition) is 3. The van der Waals surface area contributed by atoms with Crippen LogP contribution < -0.4 is 15.0 Å². The number of halogens is 2. The van der Waals surface area contributed by atoms with E-state index < -0.39 is 0 Å². The van der Waals surface area contributed by atoms with Crippen molar-refractivity contribution in [3.63, 3.8) is 0 Å². The lowest BCUT2D eigenvalue weighted by atomic mass is 10.1. The summed E-state index contributed by atoms with van der Waals surface area (Å²) in [7, 11) is 0. The maximum Gasteiger partial charge on any atom is 0.258 e.